The number of benzene rings is 2. The molecule has 6 rings (SSSR count). The Labute approximate surface area is 211 Å². The standard InChI is InChI=1S/C28H28BN5O2/c29-22-18-31-34-25(16-23(32-26(22)34)21-8-4-5-9-24(21)35)30-17-19-10-14-33(15-11-19)27(36)28(12-13-28)20-6-2-1-3-7-20/h1-9,16,18-19,30,35H,10-15,17H2. The molecule has 1 saturated heterocycles. The van der Waals surface area contributed by atoms with Gasteiger partial charge in [-0.05, 0) is 54.8 Å². The van der Waals surface area contributed by atoms with Crippen LogP contribution >= 0.6 is 0 Å². The summed E-state index contributed by atoms with van der Waals surface area (Å²) in [5.74, 6) is 1.66. The molecule has 3 heterocycles. The minimum absolute atomic E-state index is 0.166. The second-order valence-corrected chi connectivity index (χ2v) is 9.94. The van der Waals surface area contributed by atoms with Gasteiger partial charge in [-0.2, -0.15) is 9.61 Å². The van der Waals surface area contributed by atoms with Crippen molar-refractivity contribution in [2.45, 2.75) is 31.1 Å². The summed E-state index contributed by atoms with van der Waals surface area (Å²) in [4.78, 5) is 20.1. The number of hydrogen-bond donors (Lipinski definition) is 2. The van der Waals surface area contributed by atoms with Crippen molar-refractivity contribution in [1.29, 1.82) is 0 Å². The zero-order valence-electron chi connectivity index (χ0n) is 20.1. The van der Waals surface area contributed by atoms with Crippen molar-refractivity contribution in [3.8, 4) is 17.0 Å². The number of carbonyl (C=O) groups excluding carboxylic acids is 1. The topological polar surface area (TPSA) is 82.8 Å². The number of carbonyl (C=O) groups is 1. The number of nitrogens with one attached hydrogen (secondary N) is 1. The lowest BCUT2D eigenvalue weighted by Crippen LogP contribution is -2.44. The predicted molar refractivity (Wildman–Crippen MR) is 141 cm³/mol. The molecule has 2 aromatic carbocycles. The third kappa shape index (κ3) is 4.00. The van der Waals surface area contributed by atoms with Crippen LogP contribution in [0.4, 0.5) is 5.82 Å². The molecular formula is C28H28BN5O2. The average Bonchev–Trinajstić information content (AvgIpc) is 3.65. The van der Waals surface area contributed by atoms with Crippen LogP contribution in [-0.4, -0.2) is 58.0 Å². The van der Waals surface area contributed by atoms with Crippen LogP contribution in [0.5, 0.6) is 5.75 Å². The van der Waals surface area contributed by atoms with E-state index in [1.807, 2.05) is 36.4 Å². The molecule has 1 aliphatic heterocycles. The molecule has 1 amide bonds. The summed E-state index contributed by atoms with van der Waals surface area (Å²) in [6, 6.07) is 19.2. The number of fused-ring (bicyclic) bond motifs is 1. The van der Waals surface area contributed by atoms with Gasteiger partial charge in [-0.1, -0.05) is 42.5 Å². The second-order valence-electron chi connectivity index (χ2n) is 9.94. The summed E-state index contributed by atoms with van der Waals surface area (Å²) in [5, 5.41) is 18.3. The van der Waals surface area contributed by atoms with E-state index in [0.717, 1.165) is 56.7 Å². The molecule has 4 aromatic rings. The van der Waals surface area contributed by atoms with Gasteiger partial charge in [0.25, 0.3) is 0 Å². The van der Waals surface area contributed by atoms with E-state index >= 15 is 0 Å². The van der Waals surface area contributed by atoms with Crippen molar-refractivity contribution < 1.29 is 9.90 Å². The Morgan fingerprint density at radius 3 is 2.53 bits per heavy atom. The van der Waals surface area contributed by atoms with Gasteiger partial charge >= 0.3 is 0 Å². The van der Waals surface area contributed by atoms with E-state index in [4.69, 9.17) is 7.85 Å². The highest BCUT2D eigenvalue weighted by Gasteiger charge is 2.53. The van der Waals surface area contributed by atoms with Gasteiger partial charge in [-0.25, -0.2) is 4.98 Å². The van der Waals surface area contributed by atoms with Crippen molar-refractivity contribution in [1.82, 2.24) is 19.5 Å². The number of likely N-dealkylation sites (tertiary alicyclic amines) is 1. The van der Waals surface area contributed by atoms with Crippen LogP contribution in [0.3, 0.4) is 0 Å². The van der Waals surface area contributed by atoms with Crippen LogP contribution in [0.2, 0.25) is 0 Å². The first-order valence-corrected chi connectivity index (χ1v) is 12.6. The lowest BCUT2D eigenvalue weighted by Gasteiger charge is -2.34. The SMILES string of the molecule is [B]c1cnn2c(NCC3CCN(C(=O)C4(c5ccccc5)CC4)CC3)cc(-c3ccccc3O)nc12. The van der Waals surface area contributed by atoms with Crippen molar-refractivity contribution in [3.63, 3.8) is 0 Å². The molecule has 0 spiro atoms. The number of amides is 1. The summed E-state index contributed by atoms with van der Waals surface area (Å²) in [5.41, 5.74) is 3.16. The summed E-state index contributed by atoms with van der Waals surface area (Å²) in [7, 11) is 6.12. The highest BCUT2D eigenvalue weighted by Crippen LogP contribution is 2.49. The van der Waals surface area contributed by atoms with E-state index in [-0.39, 0.29) is 17.1 Å². The van der Waals surface area contributed by atoms with Crippen LogP contribution in [0, 0.1) is 5.92 Å². The van der Waals surface area contributed by atoms with Gasteiger partial charge in [0, 0.05) is 37.5 Å². The molecule has 8 heteroatoms. The molecule has 2 aliphatic rings. The van der Waals surface area contributed by atoms with Crippen LogP contribution in [-0.2, 0) is 10.2 Å². The maximum Gasteiger partial charge on any atom is 0.233 e. The molecule has 2 aromatic heterocycles. The number of piperidine rings is 1. The molecule has 2 fully saturated rings. The van der Waals surface area contributed by atoms with Gasteiger partial charge in [-0.3, -0.25) is 4.79 Å². The number of rotatable bonds is 6. The summed E-state index contributed by atoms with van der Waals surface area (Å²) in [6.45, 7) is 2.32. The first kappa shape index (κ1) is 22.6. The Bertz CT molecular complexity index is 1410. The molecule has 1 aliphatic carbocycles. The van der Waals surface area contributed by atoms with E-state index in [2.05, 4.69) is 32.4 Å². The predicted octanol–water partition coefficient (Wildman–Crippen LogP) is 3.28. The van der Waals surface area contributed by atoms with Crippen molar-refractivity contribution in [2.24, 2.45) is 5.92 Å². The molecule has 36 heavy (non-hydrogen) atoms. The van der Waals surface area contributed by atoms with Crippen molar-refractivity contribution in [2.75, 3.05) is 25.0 Å². The minimum Gasteiger partial charge on any atom is -0.507 e. The number of nitrogens with zero attached hydrogens (tertiary/aromatic N) is 4. The summed E-state index contributed by atoms with van der Waals surface area (Å²) in [6.07, 6.45) is 5.38. The Morgan fingerprint density at radius 2 is 1.81 bits per heavy atom. The number of anilines is 1. The Morgan fingerprint density at radius 1 is 1.08 bits per heavy atom. The summed E-state index contributed by atoms with van der Waals surface area (Å²) < 4.78 is 1.70. The van der Waals surface area contributed by atoms with Crippen LogP contribution < -0.4 is 10.8 Å². The quantitative estimate of drug-likeness (QED) is 0.417. The van der Waals surface area contributed by atoms with E-state index < -0.39 is 0 Å². The van der Waals surface area contributed by atoms with Gasteiger partial charge in [0.15, 0.2) is 5.65 Å². The fraction of sp³-hybridized carbons (Fsp3) is 0.321. The molecule has 7 nitrogen and oxygen atoms in total. The summed E-state index contributed by atoms with van der Waals surface area (Å²) >= 11 is 0. The van der Waals surface area contributed by atoms with Crippen LogP contribution in [0.1, 0.15) is 31.2 Å². The minimum atomic E-state index is -0.297. The maximum atomic E-state index is 13.4. The number of hydrogen-bond acceptors (Lipinski definition) is 5. The molecule has 0 bridgehead atoms. The van der Waals surface area contributed by atoms with Crippen molar-refractivity contribution in [3.05, 3.63) is 72.4 Å². The monoisotopic (exact) mass is 477 g/mol. The molecule has 2 radical (unpaired) electrons. The van der Waals surface area contributed by atoms with Gasteiger partial charge < -0.3 is 15.3 Å². The Kier molecular flexibility index (Phi) is 5.67. The number of phenolic OH excluding ortho intramolecular Hbond substituents is 1. The number of aromatic hydroxyl groups is 1. The van der Waals surface area contributed by atoms with Crippen molar-refractivity contribution >= 4 is 30.7 Å². The highest BCUT2D eigenvalue weighted by molar-refractivity contribution is 6.36. The fourth-order valence-electron chi connectivity index (χ4n) is 5.33. The Balaban J connectivity index is 1.14. The maximum absolute atomic E-state index is 13.4. The lowest BCUT2D eigenvalue weighted by molar-refractivity contribution is -0.135. The average molecular weight is 477 g/mol. The molecule has 180 valence electrons. The zero-order chi connectivity index (χ0) is 24.7. The van der Waals surface area contributed by atoms with Crippen LogP contribution in [0.15, 0.2) is 66.9 Å². The molecule has 2 N–H and O–H groups in total. The zero-order valence-corrected chi connectivity index (χ0v) is 20.1. The molecule has 0 unspecified atom stereocenters. The number of phenols is 1. The smallest absolute Gasteiger partial charge is 0.233 e. The van der Waals surface area contributed by atoms with E-state index in [0.29, 0.717) is 28.3 Å². The van der Waals surface area contributed by atoms with E-state index in [1.54, 1.807) is 22.8 Å². The fourth-order valence-corrected chi connectivity index (χ4v) is 5.33. The molecule has 0 atom stereocenters. The third-order valence-electron chi connectivity index (χ3n) is 7.64. The normalized spacial score (nSPS) is 17.3. The van der Waals surface area contributed by atoms with Gasteiger partial charge in [-0.15, -0.1) is 0 Å². The number of aromatic nitrogens is 3. The van der Waals surface area contributed by atoms with Gasteiger partial charge in [0.1, 0.15) is 19.4 Å². The van der Waals surface area contributed by atoms with Crippen LogP contribution in [0.25, 0.3) is 16.9 Å². The highest BCUT2D eigenvalue weighted by atomic mass is 16.3. The second kappa shape index (κ2) is 9.01. The molecular weight excluding hydrogens is 449 g/mol. The van der Waals surface area contributed by atoms with Gasteiger partial charge in [0.05, 0.1) is 11.1 Å². The first-order chi connectivity index (χ1) is 17.5. The number of para-hydroxylation sites is 1. The lowest BCUT2D eigenvalue weighted by atomic mass is 9.91. The first-order valence-electron chi connectivity index (χ1n) is 12.6. The molecule has 1 saturated carbocycles. The third-order valence-corrected chi connectivity index (χ3v) is 7.64. The largest absolute Gasteiger partial charge is 0.507 e. The van der Waals surface area contributed by atoms with E-state index in [9.17, 15) is 9.90 Å². The Hall–Kier alpha value is -3.81. The van der Waals surface area contributed by atoms with Gasteiger partial charge in [0.2, 0.25) is 5.91 Å². The van der Waals surface area contributed by atoms with E-state index in [1.165, 1.54) is 0 Å².